The molecule has 1 aromatic rings. The first kappa shape index (κ1) is 21.7. The number of halogens is 1. The van der Waals surface area contributed by atoms with E-state index >= 15 is 0 Å². The lowest BCUT2D eigenvalue weighted by Gasteiger charge is -2.17. The van der Waals surface area contributed by atoms with E-state index in [1.54, 1.807) is 0 Å². The number of hydrogen-bond donors (Lipinski definition) is 2. The molecule has 138 valence electrons. The van der Waals surface area contributed by atoms with Gasteiger partial charge in [-0.25, -0.2) is 0 Å². The largest absolute Gasteiger partial charge is 0.357 e. The SMILES string of the molecule is CCCN1CCC(CNC(=NCC(C)c2cccs2)NCC)C1.I. The van der Waals surface area contributed by atoms with Crippen molar-refractivity contribution in [2.45, 2.75) is 39.5 Å². The minimum absolute atomic E-state index is 0. The summed E-state index contributed by atoms with van der Waals surface area (Å²) in [6.07, 6.45) is 2.56. The molecule has 2 unspecified atom stereocenters. The van der Waals surface area contributed by atoms with Crippen molar-refractivity contribution < 1.29 is 0 Å². The lowest BCUT2D eigenvalue weighted by atomic mass is 10.1. The zero-order valence-corrected chi connectivity index (χ0v) is 18.4. The van der Waals surface area contributed by atoms with Gasteiger partial charge in [-0.1, -0.05) is 19.9 Å². The molecule has 1 fully saturated rings. The zero-order chi connectivity index (χ0) is 16.5. The summed E-state index contributed by atoms with van der Waals surface area (Å²) in [5, 5.41) is 9.05. The first-order valence-electron chi connectivity index (χ1n) is 9.00. The Bertz CT molecular complexity index is 464. The van der Waals surface area contributed by atoms with Crippen molar-refractivity contribution in [3.8, 4) is 0 Å². The zero-order valence-electron chi connectivity index (χ0n) is 15.3. The summed E-state index contributed by atoms with van der Waals surface area (Å²) in [7, 11) is 0. The highest BCUT2D eigenvalue weighted by Crippen LogP contribution is 2.20. The van der Waals surface area contributed by atoms with Gasteiger partial charge in [0.1, 0.15) is 0 Å². The third-order valence-corrected chi connectivity index (χ3v) is 5.47. The number of rotatable bonds is 8. The van der Waals surface area contributed by atoms with Gasteiger partial charge in [0.2, 0.25) is 0 Å². The van der Waals surface area contributed by atoms with Gasteiger partial charge in [0.25, 0.3) is 0 Å². The third kappa shape index (κ3) is 7.27. The topological polar surface area (TPSA) is 39.7 Å². The van der Waals surface area contributed by atoms with Gasteiger partial charge in [-0.2, -0.15) is 0 Å². The number of hydrogen-bond acceptors (Lipinski definition) is 3. The maximum Gasteiger partial charge on any atom is 0.191 e. The summed E-state index contributed by atoms with van der Waals surface area (Å²) in [5.41, 5.74) is 0. The summed E-state index contributed by atoms with van der Waals surface area (Å²) >= 11 is 1.82. The molecule has 0 radical (unpaired) electrons. The van der Waals surface area contributed by atoms with Gasteiger partial charge in [-0.15, -0.1) is 35.3 Å². The van der Waals surface area contributed by atoms with Crippen LogP contribution in [-0.2, 0) is 0 Å². The molecule has 1 saturated heterocycles. The summed E-state index contributed by atoms with van der Waals surface area (Å²) in [5.74, 6) is 2.20. The number of likely N-dealkylation sites (tertiary alicyclic amines) is 1. The van der Waals surface area contributed by atoms with E-state index in [1.165, 1.54) is 37.4 Å². The number of thiophene rings is 1. The Morgan fingerprint density at radius 1 is 1.42 bits per heavy atom. The van der Waals surface area contributed by atoms with E-state index in [1.807, 2.05) is 11.3 Å². The van der Waals surface area contributed by atoms with Crippen LogP contribution >= 0.6 is 35.3 Å². The molecule has 0 spiro atoms. The van der Waals surface area contributed by atoms with E-state index in [4.69, 9.17) is 4.99 Å². The van der Waals surface area contributed by atoms with Crippen LogP contribution in [0.3, 0.4) is 0 Å². The van der Waals surface area contributed by atoms with Gasteiger partial charge in [0.05, 0.1) is 6.54 Å². The van der Waals surface area contributed by atoms with Crippen LogP contribution in [0.5, 0.6) is 0 Å². The predicted octanol–water partition coefficient (Wildman–Crippen LogP) is 3.76. The van der Waals surface area contributed by atoms with Gasteiger partial charge in [0.15, 0.2) is 5.96 Å². The van der Waals surface area contributed by atoms with Crippen LogP contribution in [0.4, 0.5) is 0 Å². The minimum Gasteiger partial charge on any atom is -0.357 e. The van der Waals surface area contributed by atoms with Crippen LogP contribution in [-0.4, -0.2) is 50.1 Å². The molecule has 1 aliphatic rings. The van der Waals surface area contributed by atoms with Crippen LogP contribution in [0.25, 0.3) is 0 Å². The van der Waals surface area contributed by atoms with E-state index in [0.29, 0.717) is 5.92 Å². The van der Waals surface area contributed by atoms with Crippen molar-refractivity contribution in [1.82, 2.24) is 15.5 Å². The van der Waals surface area contributed by atoms with Crippen molar-refractivity contribution >= 4 is 41.3 Å². The minimum atomic E-state index is 0. The molecule has 0 aliphatic carbocycles. The molecule has 2 atom stereocenters. The number of aliphatic imine (C=N–C) groups is 1. The monoisotopic (exact) mass is 464 g/mol. The molecule has 0 amide bonds. The van der Waals surface area contributed by atoms with E-state index in [9.17, 15) is 0 Å². The van der Waals surface area contributed by atoms with Crippen molar-refractivity contribution in [3.05, 3.63) is 22.4 Å². The smallest absolute Gasteiger partial charge is 0.191 e. The molecule has 2 N–H and O–H groups in total. The van der Waals surface area contributed by atoms with Crippen LogP contribution in [0.1, 0.15) is 44.4 Å². The van der Waals surface area contributed by atoms with E-state index < -0.39 is 0 Å². The van der Waals surface area contributed by atoms with Gasteiger partial charge in [-0.3, -0.25) is 4.99 Å². The first-order valence-corrected chi connectivity index (χ1v) is 9.88. The highest BCUT2D eigenvalue weighted by molar-refractivity contribution is 14.0. The number of nitrogens with one attached hydrogen (secondary N) is 2. The average molecular weight is 464 g/mol. The fourth-order valence-electron chi connectivity index (χ4n) is 3.07. The lowest BCUT2D eigenvalue weighted by molar-refractivity contribution is 0.324. The molecule has 24 heavy (non-hydrogen) atoms. The Kier molecular flexibility index (Phi) is 10.9. The van der Waals surface area contributed by atoms with E-state index in [2.05, 4.69) is 53.8 Å². The maximum atomic E-state index is 4.77. The molecule has 4 nitrogen and oxygen atoms in total. The molecular formula is C18H33IN4S. The van der Waals surface area contributed by atoms with Gasteiger partial charge < -0.3 is 15.5 Å². The lowest BCUT2D eigenvalue weighted by Crippen LogP contribution is -2.40. The number of guanidine groups is 1. The molecule has 0 bridgehead atoms. The highest BCUT2D eigenvalue weighted by atomic mass is 127. The normalized spacial score (nSPS) is 19.8. The van der Waals surface area contributed by atoms with Gasteiger partial charge in [0, 0.05) is 30.4 Å². The molecule has 2 heterocycles. The highest BCUT2D eigenvalue weighted by Gasteiger charge is 2.21. The fourth-order valence-corrected chi connectivity index (χ4v) is 3.85. The average Bonchev–Trinajstić information content (AvgIpc) is 3.22. The number of nitrogens with zero attached hydrogens (tertiary/aromatic N) is 2. The Hall–Kier alpha value is -0.340. The quantitative estimate of drug-likeness (QED) is 0.350. The predicted molar refractivity (Wildman–Crippen MR) is 117 cm³/mol. The Morgan fingerprint density at radius 3 is 2.92 bits per heavy atom. The van der Waals surface area contributed by atoms with Crippen LogP contribution < -0.4 is 10.6 Å². The maximum absolute atomic E-state index is 4.77. The summed E-state index contributed by atoms with van der Waals surface area (Å²) in [6, 6.07) is 4.32. The first-order chi connectivity index (χ1) is 11.2. The molecule has 6 heteroatoms. The molecule has 0 aromatic carbocycles. The molecule has 0 saturated carbocycles. The van der Waals surface area contributed by atoms with Crippen molar-refractivity contribution in [3.63, 3.8) is 0 Å². The summed E-state index contributed by atoms with van der Waals surface area (Å²) in [6.45, 7) is 13.1. The van der Waals surface area contributed by atoms with Crippen molar-refractivity contribution in [1.29, 1.82) is 0 Å². The van der Waals surface area contributed by atoms with E-state index in [0.717, 1.165) is 31.5 Å². The Morgan fingerprint density at radius 2 is 2.25 bits per heavy atom. The van der Waals surface area contributed by atoms with Crippen molar-refractivity contribution in [2.24, 2.45) is 10.9 Å². The fraction of sp³-hybridized carbons (Fsp3) is 0.722. The van der Waals surface area contributed by atoms with Gasteiger partial charge >= 0.3 is 0 Å². The standard InChI is InChI=1S/C18H32N4S.HI/c1-4-9-22-10-8-16(14-22)13-21-18(19-5-2)20-12-15(3)17-7-6-11-23-17;/h6-7,11,15-16H,4-5,8-10,12-14H2,1-3H3,(H2,19,20,21);1H. The molecule has 2 rings (SSSR count). The third-order valence-electron chi connectivity index (χ3n) is 4.36. The molecule has 1 aliphatic heterocycles. The van der Waals surface area contributed by atoms with Crippen molar-refractivity contribution in [2.75, 3.05) is 39.3 Å². The molecular weight excluding hydrogens is 431 g/mol. The summed E-state index contributed by atoms with van der Waals surface area (Å²) < 4.78 is 0. The second kappa shape index (κ2) is 12.1. The van der Waals surface area contributed by atoms with Crippen LogP contribution in [0.2, 0.25) is 0 Å². The Balaban J connectivity index is 0.00000288. The van der Waals surface area contributed by atoms with Crippen LogP contribution in [0.15, 0.2) is 22.5 Å². The van der Waals surface area contributed by atoms with Gasteiger partial charge in [-0.05, 0) is 50.2 Å². The van der Waals surface area contributed by atoms with E-state index in [-0.39, 0.29) is 24.0 Å². The molecule has 1 aromatic heterocycles. The van der Waals surface area contributed by atoms with Crippen LogP contribution in [0, 0.1) is 5.92 Å². The Labute approximate surface area is 168 Å². The summed E-state index contributed by atoms with van der Waals surface area (Å²) in [4.78, 5) is 8.76. The second-order valence-corrected chi connectivity index (χ2v) is 7.45. The second-order valence-electron chi connectivity index (χ2n) is 6.47.